The first kappa shape index (κ1) is 17.4. The first-order chi connectivity index (χ1) is 10.9. The van der Waals surface area contributed by atoms with Crippen molar-refractivity contribution in [3.05, 3.63) is 11.1 Å². The van der Waals surface area contributed by atoms with Gasteiger partial charge in [-0.1, -0.05) is 0 Å². The van der Waals surface area contributed by atoms with E-state index in [2.05, 4.69) is 4.98 Å². The summed E-state index contributed by atoms with van der Waals surface area (Å²) in [5.41, 5.74) is 0.422. The van der Waals surface area contributed by atoms with Crippen LogP contribution in [0.3, 0.4) is 0 Å². The van der Waals surface area contributed by atoms with E-state index in [0.717, 1.165) is 28.0 Å². The molecule has 1 atom stereocenters. The molecule has 8 nitrogen and oxygen atoms in total. The topological polar surface area (TPSA) is 114 Å². The Balaban J connectivity index is 2.05. The molecule has 0 spiro atoms. The number of carbonyl (C=O) groups excluding carboxylic acids is 3. The largest absolute Gasteiger partial charge is 0.481 e. The number of rotatable bonds is 7. The number of imide groups is 1. The van der Waals surface area contributed by atoms with Crippen molar-refractivity contribution in [3.63, 3.8) is 0 Å². The van der Waals surface area contributed by atoms with E-state index >= 15 is 0 Å². The zero-order valence-corrected chi connectivity index (χ0v) is 13.8. The van der Waals surface area contributed by atoms with Gasteiger partial charge in [-0.25, -0.2) is 9.88 Å². The lowest BCUT2D eigenvalue weighted by atomic mass is 10.3. The van der Waals surface area contributed by atoms with E-state index in [-0.39, 0.29) is 30.3 Å². The number of carboxylic acid groups (broad SMARTS) is 1. The maximum Gasteiger partial charge on any atom is 0.313 e. The highest BCUT2D eigenvalue weighted by atomic mass is 32.2. The molecule has 2 heterocycles. The van der Waals surface area contributed by atoms with E-state index in [4.69, 9.17) is 9.84 Å². The van der Waals surface area contributed by atoms with E-state index in [1.807, 2.05) is 0 Å². The van der Waals surface area contributed by atoms with Crippen molar-refractivity contribution >= 4 is 52.0 Å². The summed E-state index contributed by atoms with van der Waals surface area (Å²) in [5.74, 6) is -2.62. The van der Waals surface area contributed by atoms with Gasteiger partial charge in [0.05, 0.1) is 29.7 Å². The van der Waals surface area contributed by atoms with Gasteiger partial charge in [-0.05, 0) is 6.92 Å². The van der Waals surface area contributed by atoms with Crippen LogP contribution < -0.4 is 4.90 Å². The van der Waals surface area contributed by atoms with Gasteiger partial charge in [-0.15, -0.1) is 23.1 Å². The summed E-state index contributed by atoms with van der Waals surface area (Å²) < 4.78 is 4.81. The Labute approximate surface area is 139 Å². The third kappa shape index (κ3) is 4.29. The molecule has 0 aliphatic carbocycles. The summed E-state index contributed by atoms with van der Waals surface area (Å²) in [6, 6.07) is 0. The molecule has 1 aliphatic heterocycles. The predicted octanol–water partition coefficient (Wildman–Crippen LogP) is 0.698. The van der Waals surface area contributed by atoms with Crippen molar-refractivity contribution in [1.29, 1.82) is 0 Å². The van der Waals surface area contributed by atoms with E-state index in [9.17, 15) is 19.2 Å². The van der Waals surface area contributed by atoms with Gasteiger partial charge in [0.25, 0.3) is 0 Å². The molecular formula is C13H14N2O6S2. The van der Waals surface area contributed by atoms with Gasteiger partial charge in [-0.3, -0.25) is 19.2 Å². The van der Waals surface area contributed by atoms with Gasteiger partial charge in [0.2, 0.25) is 11.8 Å². The van der Waals surface area contributed by atoms with Crippen LogP contribution in [0.25, 0.3) is 0 Å². The molecule has 124 valence electrons. The summed E-state index contributed by atoms with van der Waals surface area (Å²) in [4.78, 5) is 51.3. The number of aromatic nitrogens is 1. The first-order valence-electron chi connectivity index (χ1n) is 6.72. The molecule has 1 N–H and O–H groups in total. The van der Waals surface area contributed by atoms with Crippen LogP contribution in [0.2, 0.25) is 0 Å². The van der Waals surface area contributed by atoms with E-state index in [0.29, 0.717) is 5.69 Å². The Morgan fingerprint density at radius 1 is 1.52 bits per heavy atom. The number of thiazole rings is 1. The second kappa shape index (κ2) is 7.55. The number of amides is 2. The van der Waals surface area contributed by atoms with Gasteiger partial charge in [0.1, 0.15) is 0 Å². The quantitative estimate of drug-likeness (QED) is 0.560. The molecule has 1 aliphatic rings. The van der Waals surface area contributed by atoms with Crippen molar-refractivity contribution in [2.24, 2.45) is 0 Å². The standard InChI is InChI=1S/C13H14N2O6S2/c1-2-21-11(19)3-7-5-23-13(14-7)15-9(16)4-8(12(15)20)22-6-10(17)18/h5,8H,2-4,6H2,1H3,(H,17,18). The fraction of sp³-hybridized carbons (Fsp3) is 0.462. The van der Waals surface area contributed by atoms with Crippen molar-refractivity contribution in [2.75, 3.05) is 17.3 Å². The number of hydrogen-bond acceptors (Lipinski definition) is 8. The van der Waals surface area contributed by atoms with Crippen LogP contribution in [0, 0.1) is 0 Å². The number of aliphatic carboxylic acids is 1. The molecule has 2 rings (SSSR count). The summed E-state index contributed by atoms with van der Waals surface area (Å²) >= 11 is 2.00. The van der Waals surface area contributed by atoms with Crippen molar-refractivity contribution in [1.82, 2.24) is 4.98 Å². The van der Waals surface area contributed by atoms with Gasteiger partial charge >= 0.3 is 11.9 Å². The number of nitrogens with zero attached hydrogens (tertiary/aromatic N) is 2. The molecule has 2 amide bonds. The molecule has 1 aromatic heterocycles. The lowest BCUT2D eigenvalue weighted by Gasteiger charge is -2.10. The third-order valence-electron chi connectivity index (χ3n) is 2.87. The van der Waals surface area contributed by atoms with Gasteiger partial charge < -0.3 is 9.84 Å². The second-order valence-electron chi connectivity index (χ2n) is 4.57. The third-order valence-corrected chi connectivity index (χ3v) is 4.93. The summed E-state index contributed by atoms with van der Waals surface area (Å²) in [6.45, 7) is 1.96. The lowest BCUT2D eigenvalue weighted by molar-refractivity contribution is -0.142. The Morgan fingerprint density at radius 3 is 2.91 bits per heavy atom. The lowest BCUT2D eigenvalue weighted by Crippen LogP contribution is -2.31. The summed E-state index contributed by atoms with van der Waals surface area (Å²) in [7, 11) is 0. The van der Waals surface area contributed by atoms with Crippen molar-refractivity contribution < 1.29 is 29.0 Å². The number of thioether (sulfide) groups is 1. The number of anilines is 1. The molecular weight excluding hydrogens is 344 g/mol. The van der Waals surface area contributed by atoms with Crippen LogP contribution in [0.4, 0.5) is 5.13 Å². The van der Waals surface area contributed by atoms with Gasteiger partial charge in [-0.2, -0.15) is 0 Å². The van der Waals surface area contributed by atoms with Gasteiger partial charge in [0.15, 0.2) is 5.13 Å². The number of carbonyl (C=O) groups is 4. The molecule has 1 saturated heterocycles. The minimum Gasteiger partial charge on any atom is -0.481 e. The molecule has 0 radical (unpaired) electrons. The molecule has 23 heavy (non-hydrogen) atoms. The van der Waals surface area contributed by atoms with E-state index in [1.54, 1.807) is 12.3 Å². The highest BCUT2D eigenvalue weighted by Crippen LogP contribution is 2.31. The van der Waals surface area contributed by atoms with Crippen molar-refractivity contribution in [3.8, 4) is 0 Å². The monoisotopic (exact) mass is 358 g/mol. The Kier molecular flexibility index (Phi) is 5.72. The SMILES string of the molecule is CCOC(=O)Cc1csc(N2C(=O)CC(SCC(=O)O)C2=O)n1. The van der Waals surface area contributed by atoms with Crippen LogP contribution in [-0.4, -0.2) is 51.5 Å². The van der Waals surface area contributed by atoms with Crippen LogP contribution in [0.1, 0.15) is 19.0 Å². The Bertz CT molecular complexity index is 644. The number of carboxylic acids is 1. The fourth-order valence-corrected chi connectivity index (χ4v) is 3.64. The van der Waals surface area contributed by atoms with Crippen LogP contribution >= 0.6 is 23.1 Å². The number of esters is 1. The predicted molar refractivity (Wildman–Crippen MR) is 83.4 cm³/mol. The maximum absolute atomic E-state index is 12.2. The minimum absolute atomic E-state index is 0.0300. The first-order valence-corrected chi connectivity index (χ1v) is 8.65. The average Bonchev–Trinajstić information content (AvgIpc) is 3.01. The number of hydrogen-bond donors (Lipinski definition) is 1. The molecule has 1 unspecified atom stereocenters. The summed E-state index contributed by atoms with van der Waals surface area (Å²) in [5, 5.41) is 9.72. The second-order valence-corrected chi connectivity index (χ2v) is 6.60. The minimum atomic E-state index is -1.04. The Morgan fingerprint density at radius 2 is 2.26 bits per heavy atom. The average molecular weight is 358 g/mol. The van der Waals surface area contributed by atoms with E-state index < -0.39 is 29.0 Å². The number of ether oxygens (including phenoxy) is 1. The zero-order chi connectivity index (χ0) is 17.0. The normalized spacial score (nSPS) is 17.6. The molecule has 10 heteroatoms. The van der Waals surface area contributed by atoms with Gasteiger partial charge in [0, 0.05) is 11.8 Å². The highest BCUT2D eigenvalue weighted by molar-refractivity contribution is 8.01. The maximum atomic E-state index is 12.2. The Hall–Kier alpha value is -1.94. The van der Waals surface area contributed by atoms with E-state index in [1.165, 1.54) is 0 Å². The van der Waals surface area contributed by atoms with Crippen LogP contribution in [-0.2, 0) is 30.3 Å². The molecule has 1 fully saturated rings. The van der Waals surface area contributed by atoms with Crippen molar-refractivity contribution in [2.45, 2.75) is 25.0 Å². The fourth-order valence-electron chi connectivity index (χ4n) is 1.95. The molecule has 1 aromatic rings. The van der Waals surface area contributed by atoms with Crippen LogP contribution in [0.5, 0.6) is 0 Å². The molecule has 0 bridgehead atoms. The highest BCUT2D eigenvalue weighted by Gasteiger charge is 2.41. The zero-order valence-electron chi connectivity index (χ0n) is 12.2. The molecule has 0 aromatic carbocycles. The smallest absolute Gasteiger partial charge is 0.313 e. The van der Waals surface area contributed by atoms with Crippen LogP contribution in [0.15, 0.2) is 5.38 Å². The summed E-state index contributed by atoms with van der Waals surface area (Å²) in [6.07, 6.45) is -0.0820. The molecule has 0 saturated carbocycles.